The van der Waals surface area contributed by atoms with E-state index in [1.807, 2.05) is 61.2 Å². The predicted octanol–water partition coefficient (Wildman–Crippen LogP) is 3.82. The molecule has 1 aliphatic rings. The van der Waals surface area contributed by atoms with Crippen LogP contribution in [0.25, 0.3) is 11.3 Å². The van der Waals surface area contributed by atoms with Crippen LogP contribution in [0.1, 0.15) is 23.0 Å². The van der Waals surface area contributed by atoms with Gasteiger partial charge in [0, 0.05) is 36.7 Å². The van der Waals surface area contributed by atoms with E-state index in [2.05, 4.69) is 32.5 Å². The molecule has 1 aromatic heterocycles. The third-order valence-electron chi connectivity index (χ3n) is 5.19. The average Bonchev–Trinajstić information content (AvgIpc) is 3.30. The number of hydrogen-bond acceptors (Lipinski definition) is 5. The fourth-order valence-electron chi connectivity index (χ4n) is 3.54. The highest BCUT2D eigenvalue weighted by atomic mass is 32.2. The van der Waals surface area contributed by atoms with E-state index in [0.717, 1.165) is 36.6 Å². The lowest BCUT2D eigenvalue weighted by Gasteiger charge is -2.26. The maximum absolute atomic E-state index is 12.5. The number of thioether (sulfide) groups is 1. The number of hydrogen-bond donors (Lipinski definition) is 2. The Kier molecular flexibility index (Phi) is 7.27. The highest BCUT2D eigenvalue weighted by molar-refractivity contribution is 7.99. The van der Waals surface area contributed by atoms with E-state index in [0.29, 0.717) is 12.2 Å². The van der Waals surface area contributed by atoms with Gasteiger partial charge in [-0.15, -0.1) is 0 Å². The van der Waals surface area contributed by atoms with Crippen molar-refractivity contribution in [3.05, 3.63) is 71.9 Å². The Morgan fingerprint density at radius 3 is 2.77 bits per heavy atom. The molecule has 0 unspecified atom stereocenters. The molecule has 0 saturated carbocycles. The molecule has 6 nitrogen and oxygen atoms in total. The molecule has 162 valence electrons. The van der Waals surface area contributed by atoms with Crippen LogP contribution in [-0.2, 0) is 6.54 Å². The van der Waals surface area contributed by atoms with Gasteiger partial charge in [0.2, 0.25) is 0 Å². The normalized spacial score (nSPS) is 15.4. The number of amides is 1. The van der Waals surface area contributed by atoms with Crippen LogP contribution in [0.5, 0.6) is 5.75 Å². The zero-order valence-electron chi connectivity index (χ0n) is 17.7. The van der Waals surface area contributed by atoms with Crippen LogP contribution in [0, 0.1) is 0 Å². The molecule has 2 N–H and O–H groups in total. The lowest BCUT2D eigenvalue weighted by molar-refractivity contribution is 0.0927. The van der Waals surface area contributed by atoms with Crippen LogP contribution in [0.3, 0.4) is 0 Å². The molecule has 1 aliphatic heterocycles. The van der Waals surface area contributed by atoms with Crippen LogP contribution in [0.2, 0.25) is 0 Å². The second kappa shape index (κ2) is 10.5. The van der Waals surface area contributed by atoms with Crippen LogP contribution >= 0.6 is 11.8 Å². The van der Waals surface area contributed by atoms with E-state index in [1.165, 1.54) is 17.1 Å². The van der Waals surface area contributed by atoms with Gasteiger partial charge in [0.25, 0.3) is 5.91 Å². The molecule has 3 aromatic rings. The standard InChI is InChI=1S/C24H28N4O2S/c1-18(30-21-9-5-6-19(14-21)17-28-10-12-31-13-11-28)16-25-24(29)23-15-22(26-27-23)20-7-3-2-4-8-20/h2-9,14-15,18H,10-13,16-17H2,1H3,(H,25,29)(H,26,27)/t18-/m1/s1. The number of carbonyl (C=O) groups excluding carboxylic acids is 1. The molecule has 4 rings (SSSR count). The Labute approximate surface area is 187 Å². The number of H-pyrrole nitrogens is 1. The lowest BCUT2D eigenvalue weighted by Crippen LogP contribution is -2.34. The predicted molar refractivity (Wildman–Crippen MR) is 125 cm³/mol. The smallest absolute Gasteiger partial charge is 0.269 e. The summed E-state index contributed by atoms with van der Waals surface area (Å²) >= 11 is 2.02. The van der Waals surface area contributed by atoms with Crippen molar-refractivity contribution in [3.8, 4) is 17.0 Å². The summed E-state index contributed by atoms with van der Waals surface area (Å²) in [5.74, 6) is 3.05. The molecule has 31 heavy (non-hydrogen) atoms. The Bertz CT molecular complexity index is 986. The molecule has 2 heterocycles. The summed E-state index contributed by atoms with van der Waals surface area (Å²) in [6, 6.07) is 19.8. The largest absolute Gasteiger partial charge is 0.489 e. The molecular weight excluding hydrogens is 408 g/mol. The molecule has 7 heteroatoms. The highest BCUT2D eigenvalue weighted by Crippen LogP contribution is 2.19. The zero-order valence-corrected chi connectivity index (χ0v) is 18.5. The van der Waals surface area contributed by atoms with Crippen molar-refractivity contribution in [2.75, 3.05) is 31.1 Å². The quantitative estimate of drug-likeness (QED) is 0.562. The number of rotatable bonds is 8. The topological polar surface area (TPSA) is 70.2 Å². The SMILES string of the molecule is C[C@H](CNC(=O)c1cc(-c2ccccc2)n[nH]1)Oc1cccc(CN2CCSCC2)c1. The summed E-state index contributed by atoms with van der Waals surface area (Å²) in [5.41, 5.74) is 3.41. The lowest BCUT2D eigenvalue weighted by atomic mass is 10.1. The fourth-order valence-corrected chi connectivity index (χ4v) is 4.51. The van der Waals surface area contributed by atoms with Crippen LogP contribution in [0.4, 0.5) is 0 Å². The molecule has 0 spiro atoms. The summed E-state index contributed by atoms with van der Waals surface area (Å²) in [4.78, 5) is 15.0. The van der Waals surface area contributed by atoms with Gasteiger partial charge in [-0.2, -0.15) is 16.9 Å². The van der Waals surface area contributed by atoms with Crippen molar-refractivity contribution in [2.24, 2.45) is 0 Å². The van der Waals surface area contributed by atoms with E-state index < -0.39 is 0 Å². The number of benzene rings is 2. The van der Waals surface area contributed by atoms with Gasteiger partial charge in [0.15, 0.2) is 0 Å². The van der Waals surface area contributed by atoms with Gasteiger partial charge in [-0.1, -0.05) is 42.5 Å². The first-order chi connectivity index (χ1) is 15.2. The minimum Gasteiger partial charge on any atom is -0.489 e. The molecule has 0 radical (unpaired) electrons. The third kappa shape index (κ3) is 6.12. The van der Waals surface area contributed by atoms with Crippen molar-refractivity contribution in [2.45, 2.75) is 19.6 Å². The maximum Gasteiger partial charge on any atom is 0.269 e. The Hall–Kier alpha value is -2.77. The fraction of sp³-hybridized carbons (Fsp3) is 0.333. The van der Waals surface area contributed by atoms with E-state index in [9.17, 15) is 4.79 Å². The average molecular weight is 437 g/mol. The summed E-state index contributed by atoms with van der Waals surface area (Å²) in [6.07, 6.45) is -0.151. The highest BCUT2D eigenvalue weighted by Gasteiger charge is 2.14. The van der Waals surface area contributed by atoms with Gasteiger partial charge in [-0.3, -0.25) is 14.8 Å². The first-order valence-electron chi connectivity index (χ1n) is 10.6. The van der Waals surface area contributed by atoms with Crippen LogP contribution in [0.15, 0.2) is 60.7 Å². The van der Waals surface area contributed by atoms with Gasteiger partial charge in [0.05, 0.1) is 12.2 Å². The Morgan fingerprint density at radius 2 is 1.97 bits per heavy atom. The summed E-state index contributed by atoms with van der Waals surface area (Å²) in [6.45, 7) is 5.59. The van der Waals surface area contributed by atoms with E-state index >= 15 is 0 Å². The number of ether oxygens (including phenoxy) is 1. The van der Waals surface area contributed by atoms with Crippen molar-refractivity contribution in [1.82, 2.24) is 20.4 Å². The zero-order chi connectivity index (χ0) is 21.5. The molecule has 1 saturated heterocycles. The van der Waals surface area contributed by atoms with Gasteiger partial charge in [0.1, 0.15) is 17.5 Å². The van der Waals surface area contributed by atoms with Crippen molar-refractivity contribution < 1.29 is 9.53 Å². The molecule has 0 aliphatic carbocycles. The van der Waals surface area contributed by atoms with E-state index in [4.69, 9.17) is 4.74 Å². The molecule has 1 fully saturated rings. The number of aromatic amines is 1. The van der Waals surface area contributed by atoms with E-state index in [-0.39, 0.29) is 12.0 Å². The molecule has 1 atom stereocenters. The summed E-state index contributed by atoms with van der Waals surface area (Å²) in [5, 5.41) is 9.97. The molecule has 1 amide bonds. The second-order valence-corrected chi connectivity index (χ2v) is 8.93. The second-order valence-electron chi connectivity index (χ2n) is 7.71. The number of carbonyl (C=O) groups is 1. The molecule has 2 aromatic carbocycles. The number of aromatic nitrogens is 2. The van der Waals surface area contributed by atoms with Crippen LogP contribution < -0.4 is 10.1 Å². The number of nitrogens with one attached hydrogen (secondary N) is 2. The van der Waals surface area contributed by atoms with Crippen molar-refractivity contribution >= 4 is 17.7 Å². The van der Waals surface area contributed by atoms with Gasteiger partial charge >= 0.3 is 0 Å². The van der Waals surface area contributed by atoms with Crippen molar-refractivity contribution in [3.63, 3.8) is 0 Å². The number of nitrogens with zero attached hydrogens (tertiary/aromatic N) is 2. The van der Waals surface area contributed by atoms with E-state index in [1.54, 1.807) is 6.07 Å². The minimum absolute atomic E-state index is 0.151. The molecular formula is C24H28N4O2S. The minimum atomic E-state index is -0.193. The first kappa shape index (κ1) is 21.5. The monoisotopic (exact) mass is 436 g/mol. The van der Waals surface area contributed by atoms with Gasteiger partial charge in [-0.25, -0.2) is 0 Å². The van der Waals surface area contributed by atoms with Crippen LogP contribution in [-0.4, -0.2) is 58.2 Å². The van der Waals surface area contributed by atoms with Gasteiger partial charge < -0.3 is 10.1 Å². The van der Waals surface area contributed by atoms with Crippen molar-refractivity contribution in [1.29, 1.82) is 0 Å². The third-order valence-corrected chi connectivity index (χ3v) is 6.13. The summed E-state index contributed by atoms with van der Waals surface area (Å²) in [7, 11) is 0. The first-order valence-corrected chi connectivity index (χ1v) is 11.8. The Morgan fingerprint density at radius 1 is 1.16 bits per heavy atom. The van der Waals surface area contributed by atoms with Gasteiger partial charge in [-0.05, 0) is 30.7 Å². The maximum atomic E-state index is 12.5. The summed E-state index contributed by atoms with van der Waals surface area (Å²) < 4.78 is 6.04. The Balaban J connectivity index is 1.27. The molecule has 0 bridgehead atoms.